The van der Waals surface area contributed by atoms with E-state index in [0.29, 0.717) is 59.3 Å². The van der Waals surface area contributed by atoms with Gasteiger partial charge < -0.3 is 34.1 Å². The number of ketones is 1. The van der Waals surface area contributed by atoms with E-state index in [1.165, 1.54) is 12.0 Å². The summed E-state index contributed by atoms with van der Waals surface area (Å²) in [5.41, 5.74) is 3.60. The molecule has 3 amide bonds. The molecule has 3 saturated heterocycles. The number of methoxy groups -OCH3 is 1. The van der Waals surface area contributed by atoms with Crippen molar-refractivity contribution in [3.05, 3.63) is 136 Å². The molecule has 0 unspecified atom stereocenters. The fourth-order valence-electron chi connectivity index (χ4n) is 9.98. The molecule has 3 fully saturated rings. The molecule has 2 bridgehead atoms. The molecule has 372 valence electrons. The summed E-state index contributed by atoms with van der Waals surface area (Å²) in [5.74, 6) is -0.839. The number of likely N-dealkylation sites (N-methyl/N-ethyl adjacent to an activating group) is 1. The molecule has 4 aromatic carbocycles. The number of hydrogen-bond acceptors (Lipinski definition) is 9. The van der Waals surface area contributed by atoms with E-state index in [0.717, 1.165) is 60.9 Å². The summed E-state index contributed by atoms with van der Waals surface area (Å²) in [5, 5.41) is 4.37. The average molecular weight is 1010 g/mol. The van der Waals surface area contributed by atoms with Gasteiger partial charge in [0.15, 0.2) is 5.78 Å². The summed E-state index contributed by atoms with van der Waals surface area (Å²) >= 11 is 12.9. The maximum atomic E-state index is 15.0. The van der Waals surface area contributed by atoms with E-state index in [9.17, 15) is 14.4 Å². The third kappa shape index (κ3) is 13.0. The number of aromatic nitrogens is 2. The highest BCUT2D eigenvalue weighted by molar-refractivity contribution is 6.31. The Hall–Kier alpha value is -5.28. The molecule has 5 aromatic rings. The second kappa shape index (κ2) is 23.8. The number of amides is 3. The lowest BCUT2D eigenvalue weighted by Crippen LogP contribution is -2.63. The number of halogens is 3. The van der Waals surface area contributed by atoms with E-state index in [2.05, 4.69) is 26.7 Å². The zero-order chi connectivity index (χ0) is 48.7. The number of carbonyl (C=O) groups is 4. The number of rotatable bonds is 13. The molecule has 4 atom stereocenters. The van der Waals surface area contributed by atoms with Crippen LogP contribution in [-0.4, -0.2) is 124 Å². The van der Waals surface area contributed by atoms with E-state index in [1.807, 2.05) is 97.0 Å². The van der Waals surface area contributed by atoms with Gasteiger partial charge in [-0.25, -0.2) is 4.98 Å². The Kier molecular flexibility index (Phi) is 17.8. The van der Waals surface area contributed by atoms with E-state index in [-0.39, 0.29) is 68.4 Å². The first-order chi connectivity index (χ1) is 33.3. The lowest BCUT2D eigenvalue weighted by atomic mass is 9.81. The van der Waals surface area contributed by atoms with Gasteiger partial charge in [0, 0.05) is 87.4 Å². The Morgan fingerprint density at radius 3 is 2.23 bits per heavy atom. The number of piperazine rings is 1. The highest BCUT2D eigenvalue weighted by Crippen LogP contribution is 2.34. The maximum absolute atomic E-state index is 15.0. The number of nitrogens with zero attached hydrogens (tertiary/aromatic N) is 6. The maximum Gasteiger partial charge on any atom is 0.226 e. The summed E-state index contributed by atoms with van der Waals surface area (Å²) in [6.45, 7) is 7.23. The number of carbonyl (C=O) groups excluding carboxylic acids is 4. The van der Waals surface area contributed by atoms with Gasteiger partial charge in [0.1, 0.15) is 17.3 Å². The van der Waals surface area contributed by atoms with Crippen LogP contribution < -0.4 is 10.1 Å². The third-order valence-electron chi connectivity index (χ3n) is 14.1. The normalized spacial score (nSPS) is 22.1. The van der Waals surface area contributed by atoms with Gasteiger partial charge in [0.05, 0.1) is 55.0 Å². The van der Waals surface area contributed by atoms with Gasteiger partial charge in [-0.15, -0.1) is 12.4 Å². The minimum atomic E-state index is -0.981. The largest absolute Gasteiger partial charge is 0.457 e. The molecule has 13 nitrogen and oxygen atoms in total. The molecule has 0 saturated carbocycles. The minimum Gasteiger partial charge on any atom is -0.457 e. The highest BCUT2D eigenvalue weighted by Gasteiger charge is 2.43. The van der Waals surface area contributed by atoms with Crippen molar-refractivity contribution in [1.29, 1.82) is 0 Å². The van der Waals surface area contributed by atoms with E-state index < -0.39 is 23.4 Å². The van der Waals surface area contributed by atoms with Gasteiger partial charge in [-0.1, -0.05) is 71.7 Å². The van der Waals surface area contributed by atoms with Crippen molar-refractivity contribution < 1.29 is 28.7 Å². The molecule has 8 rings (SSSR count). The summed E-state index contributed by atoms with van der Waals surface area (Å²) < 4.78 is 14.2. The van der Waals surface area contributed by atoms with Crippen LogP contribution in [0.2, 0.25) is 10.0 Å². The minimum absolute atomic E-state index is 0. The summed E-state index contributed by atoms with van der Waals surface area (Å²) in [7, 11) is 5.69. The SMILES string of the molecule is COC[C@@H]1CC(=O)[C@H](C)N(Cc2ccc(Cl)cc2Oc2ccc(-c3cnc(CN4CCN(C)CC4)n3C)cc2)C(=O)C[C@@H](Cc2ccccc2)C(=O)N2CCC[C@@](Cc3ccc(Cl)cc3)(C2)NC1=O.Cl. The van der Waals surface area contributed by atoms with Gasteiger partial charge in [0.25, 0.3) is 0 Å². The zero-order valence-electron chi connectivity index (χ0n) is 40.5. The molecule has 1 aromatic heterocycles. The monoisotopic (exact) mass is 1010 g/mol. The van der Waals surface area contributed by atoms with Crippen molar-refractivity contribution in [2.75, 3.05) is 60.0 Å². The van der Waals surface area contributed by atoms with E-state index in [1.54, 1.807) is 25.1 Å². The molecule has 0 radical (unpaired) electrons. The second-order valence-electron chi connectivity index (χ2n) is 19.1. The fourth-order valence-corrected chi connectivity index (χ4v) is 10.3. The molecular weight excluding hydrogens is 949 g/mol. The molecule has 1 N–H and O–H groups in total. The number of fused-ring (bicyclic) bond motifs is 2. The summed E-state index contributed by atoms with van der Waals surface area (Å²) in [4.78, 5) is 71.9. The quantitative estimate of drug-likeness (QED) is 0.124. The first kappa shape index (κ1) is 52.5. The molecule has 3 aliphatic rings. The number of imidazole rings is 1. The second-order valence-corrected chi connectivity index (χ2v) is 20.0. The van der Waals surface area contributed by atoms with Crippen molar-refractivity contribution in [3.8, 4) is 22.8 Å². The van der Waals surface area contributed by atoms with Gasteiger partial charge in [-0.3, -0.25) is 24.1 Å². The predicted molar refractivity (Wildman–Crippen MR) is 275 cm³/mol. The van der Waals surface area contributed by atoms with Crippen LogP contribution in [0.15, 0.2) is 103 Å². The molecule has 0 spiro atoms. The van der Waals surface area contributed by atoms with Crippen LogP contribution in [0.25, 0.3) is 11.3 Å². The van der Waals surface area contributed by atoms with Crippen LogP contribution in [0.4, 0.5) is 0 Å². The topological polar surface area (TPSA) is 130 Å². The number of Topliss-reactive ketones (excluding diaryl/α,β-unsaturated/α-hetero) is 1. The highest BCUT2D eigenvalue weighted by atomic mass is 35.5. The van der Waals surface area contributed by atoms with Gasteiger partial charge in [-0.2, -0.15) is 0 Å². The fraction of sp³-hybridized carbons (Fsp3) is 0.426. The first-order valence-electron chi connectivity index (χ1n) is 23.9. The lowest BCUT2D eigenvalue weighted by Gasteiger charge is -2.45. The Morgan fingerprint density at radius 2 is 1.51 bits per heavy atom. The smallest absolute Gasteiger partial charge is 0.226 e. The number of benzene rings is 4. The lowest BCUT2D eigenvalue weighted by molar-refractivity contribution is -0.147. The van der Waals surface area contributed by atoms with Gasteiger partial charge >= 0.3 is 0 Å². The van der Waals surface area contributed by atoms with Crippen molar-refractivity contribution in [2.45, 2.75) is 70.1 Å². The van der Waals surface area contributed by atoms with Crippen molar-refractivity contribution in [2.24, 2.45) is 18.9 Å². The van der Waals surface area contributed by atoms with Gasteiger partial charge in [-0.05, 0) is 99.3 Å². The Balaban J connectivity index is 0.00000722. The number of ether oxygens (including phenoxy) is 2. The van der Waals surface area contributed by atoms with Crippen LogP contribution in [-0.2, 0) is 56.9 Å². The molecule has 4 heterocycles. The summed E-state index contributed by atoms with van der Waals surface area (Å²) in [6, 6.07) is 29.1. The molecule has 0 aliphatic carbocycles. The molecular formula is C54H64Cl3N7O6. The van der Waals surface area contributed by atoms with Crippen LogP contribution in [0.3, 0.4) is 0 Å². The van der Waals surface area contributed by atoms with Crippen molar-refractivity contribution in [1.82, 2.24) is 34.5 Å². The Labute approximate surface area is 427 Å². The van der Waals surface area contributed by atoms with E-state index >= 15 is 4.79 Å². The number of piperidine rings is 1. The van der Waals surface area contributed by atoms with Crippen molar-refractivity contribution in [3.63, 3.8) is 0 Å². The first-order valence-corrected chi connectivity index (χ1v) is 24.7. The Morgan fingerprint density at radius 1 is 0.800 bits per heavy atom. The molecule has 3 aliphatic heterocycles. The molecule has 16 heteroatoms. The van der Waals surface area contributed by atoms with Crippen LogP contribution in [0.1, 0.15) is 55.1 Å². The predicted octanol–water partition coefficient (Wildman–Crippen LogP) is 8.28. The summed E-state index contributed by atoms with van der Waals surface area (Å²) in [6.07, 6.45) is 3.60. The number of nitrogens with one attached hydrogen (secondary N) is 1. The molecule has 70 heavy (non-hydrogen) atoms. The average Bonchev–Trinajstić information content (AvgIpc) is 3.70. The van der Waals surface area contributed by atoms with Gasteiger partial charge in [0.2, 0.25) is 17.7 Å². The van der Waals surface area contributed by atoms with Crippen molar-refractivity contribution >= 4 is 59.1 Å². The van der Waals surface area contributed by atoms with Crippen LogP contribution in [0.5, 0.6) is 11.5 Å². The third-order valence-corrected chi connectivity index (χ3v) is 14.5. The standard InChI is InChI=1S/C54H63Cl2N7O6.ClH/c1-37-48(64)28-43(35-68-4)52(66)58-54(31-39-11-16-44(55)17-12-39)21-8-22-62(36-54)53(67)42(27-38-9-6-5-7-10-38)29-51(65)63(37)33-41-13-18-45(56)30-49(41)69-46-19-14-40(15-20-46)47-32-57-50(60(47)3)34-61-25-23-59(2)24-26-61;/h5-7,9-20,30,32,37,42-43H,8,21-29,31,33-36H2,1-4H3,(H,58,66);1H/t37-,42+,43-,54+;/m0./s1. The van der Waals surface area contributed by atoms with Crippen LogP contribution in [0, 0.1) is 11.8 Å². The number of hydrogen-bond donors (Lipinski definition) is 1. The van der Waals surface area contributed by atoms with E-state index in [4.69, 9.17) is 37.7 Å². The Bertz CT molecular complexity index is 2590. The van der Waals surface area contributed by atoms with Crippen LogP contribution >= 0.6 is 35.6 Å². The zero-order valence-corrected chi connectivity index (χ0v) is 42.8.